The van der Waals surface area contributed by atoms with E-state index < -0.39 is 0 Å². The van der Waals surface area contributed by atoms with E-state index in [-0.39, 0.29) is 10.8 Å². The van der Waals surface area contributed by atoms with Crippen molar-refractivity contribution in [1.29, 1.82) is 0 Å². The summed E-state index contributed by atoms with van der Waals surface area (Å²) in [5.74, 6) is 0. The monoisotopic (exact) mass is 720 g/mol. The molecule has 11 rings (SSSR count). The summed E-state index contributed by atoms with van der Waals surface area (Å²) in [6, 6.07) is 68.0. The number of fused-ring (bicyclic) bond motifs is 8. The number of benzene rings is 8. The van der Waals surface area contributed by atoms with Gasteiger partial charge < -0.3 is 9.80 Å². The Hall–Kier alpha value is -6.38. The predicted molar refractivity (Wildman–Crippen MR) is 235 cm³/mol. The summed E-state index contributed by atoms with van der Waals surface area (Å²) in [5, 5.41) is 2.51. The number of hydrogen-bond acceptors (Lipinski definition) is 2. The topological polar surface area (TPSA) is 6.48 Å². The van der Waals surface area contributed by atoms with E-state index in [9.17, 15) is 0 Å². The van der Waals surface area contributed by atoms with Crippen molar-refractivity contribution in [1.82, 2.24) is 0 Å². The normalized spacial score (nSPS) is 17.0. The SMILES string of the molecule is CC1(C)c2ccccc2-c2ccc(N(c3ccccc3)c3cccc4c3[C@@]3(CC4)CCc4cccc(N(c5ccccc5)c5ccc6ccccc6c5)c43)cc21. The molecule has 0 radical (unpaired) electrons. The number of anilines is 6. The predicted octanol–water partition coefficient (Wildman–Crippen LogP) is 14.3. The number of nitrogens with zero attached hydrogens (tertiary/aromatic N) is 2. The van der Waals surface area contributed by atoms with E-state index in [2.05, 4.69) is 206 Å². The van der Waals surface area contributed by atoms with Gasteiger partial charge in [-0.05, 0) is 142 Å². The average molecular weight is 721 g/mol. The summed E-state index contributed by atoms with van der Waals surface area (Å²) in [7, 11) is 0. The molecule has 8 aromatic rings. The van der Waals surface area contributed by atoms with Gasteiger partial charge in [0, 0.05) is 33.6 Å². The number of rotatable bonds is 6. The van der Waals surface area contributed by atoms with Crippen molar-refractivity contribution in [3.05, 3.63) is 215 Å². The summed E-state index contributed by atoms with van der Waals surface area (Å²) in [5.41, 5.74) is 18.5. The van der Waals surface area contributed by atoms with Gasteiger partial charge >= 0.3 is 0 Å². The van der Waals surface area contributed by atoms with Crippen molar-refractivity contribution >= 4 is 44.9 Å². The van der Waals surface area contributed by atoms with E-state index in [4.69, 9.17) is 0 Å². The van der Waals surface area contributed by atoms with Crippen LogP contribution < -0.4 is 9.80 Å². The summed E-state index contributed by atoms with van der Waals surface area (Å²) >= 11 is 0. The van der Waals surface area contributed by atoms with Crippen LogP contribution in [0, 0.1) is 0 Å². The number of hydrogen-bond donors (Lipinski definition) is 0. The fourth-order valence-corrected chi connectivity index (χ4v) is 10.7. The molecule has 0 bridgehead atoms. The molecule has 1 spiro atoms. The summed E-state index contributed by atoms with van der Waals surface area (Å²) in [6.45, 7) is 4.77. The van der Waals surface area contributed by atoms with E-state index in [1.807, 2.05) is 0 Å². The third-order valence-electron chi connectivity index (χ3n) is 13.2. The molecule has 0 unspecified atom stereocenters. The molecule has 0 aromatic heterocycles. The van der Waals surface area contributed by atoms with Gasteiger partial charge in [0.15, 0.2) is 0 Å². The molecular formula is C54H44N2. The van der Waals surface area contributed by atoms with Gasteiger partial charge in [0.05, 0.1) is 11.4 Å². The van der Waals surface area contributed by atoms with Crippen LogP contribution in [0.2, 0.25) is 0 Å². The summed E-state index contributed by atoms with van der Waals surface area (Å²) < 4.78 is 0. The molecule has 0 amide bonds. The second-order valence-electron chi connectivity index (χ2n) is 16.5. The van der Waals surface area contributed by atoms with E-state index >= 15 is 0 Å². The van der Waals surface area contributed by atoms with Gasteiger partial charge in [-0.25, -0.2) is 0 Å². The van der Waals surface area contributed by atoms with Gasteiger partial charge in [-0.2, -0.15) is 0 Å². The molecule has 8 aromatic carbocycles. The first-order valence-electron chi connectivity index (χ1n) is 20.2. The van der Waals surface area contributed by atoms with E-state index in [1.165, 1.54) is 89.4 Å². The molecule has 0 fully saturated rings. The fourth-order valence-electron chi connectivity index (χ4n) is 10.7. The quantitative estimate of drug-likeness (QED) is 0.169. The molecule has 1 atom stereocenters. The molecule has 0 heterocycles. The van der Waals surface area contributed by atoms with Gasteiger partial charge in [0.25, 0.3) is 0 Å². The zero-order valence-corrected chi connectivity index (χ0v) is 32.0. The zero-order valence-electron chi connectivity index (χ0n) is 32.0. The molecule has 0 saturated carbocycles. The Kier molecular flexibility index (Phi) is 7.41. The van der Waals surface area contributed by atoms with Crippen molar-refractivity contribution in [2.45, 2.75) is 50.4 Å². The molecule has 2 nitrogen and oxygen atoms in total. The standard InChI is InChI=1S/C54H44N2/c1-53(2)47-24-12-11-23-45(47)46-30-29-44(36-48(46)53)56(42-21-7-4-8-22-42)50-26-14-18-39-32-34-54(52(39)50)33-31-38-17-13-25-49(51(38)54)55(41-19-5-3-6-20-41)43-28-27-37-15-9-10-16-40(37)35-43/h3-30,35-36H,31-34H2,1-2H3/t54-/m1/s1. The van der Waals surface area contributed by atoms with Crippen LogP contribution in [0.1, 0.15) is 60.1 Å². The Labute approximate surface area is 330 Å². The van der Waals surface area contributed by atoms with Gasteiger partial charge in [0.2, 0.25) is 0 Å². The minimum absolute atomic E-state index is 0.0902. The van der Waals surface area contributed by atoms with Crippen LogP contribution in [0.5, 0.6) is 0 Å². The summed E-state index contributed by atoms with van der Waals surface area (Å²) in [6.07, 6.45) is 4.32. The van der Waals surface area contributed by atoms with E-state index in [0.29, 0.717) is 0 Å². The Balaban J connectivity index is 1.12. The first-order chi connectivity index (χ1) is 27.5. The molecule has 2 heteroatoms. The maximum absolute atomic E-state index is 2.56. The Bertz CT molecular complexity index is 2800. The van der Waals surface area contributed by atoms with Crippen LogP contribution in [0.3, 0.4) is 0 Å². The van der Waals surface area contributed by atoms with Crippen molar-refractivity contribution < 1.29 is 0 Å². The molecular weight excluding hydrogens is 677 g/mol. The molecule has 3 aliphatic rings. The van der Waals surface area contributed by atoms with Gasteiger partial charge in [0.1, 0.15) is 0 Å². The molecule has 0 N–H and O–H groups in total. The van der Waals surface area contributed by atoms with Crippen LogP contribution >= 0.6 is 0 Å². The Morgan fingerprint density at radius 1 is 0.393 bits per heavy atom. The van der Waals surface area contributed by atoms with Crippen molar-refractivity contribution in [2.24, 2.45) is 0 Å². The summed E-state index contributed by atoms with van der Waals surface area (Å²) in [4.78, 5) is 5.08. The first kappa shape index (κ1) is 33.0. The molecule has 56 heavy (non-hydrogen) atoms. The maximum Gasteiger partial charge on any atom is 0.0505 e. The lowest BCUT2D eigenvalue weighted by molar-refractivity contribution is 0.508. The van der Waals surface area contributed by atoms with E-state index in [0.717, 1.165) is 25.7 Å². The minimum Gasteiger partial charge on any atom is -0.310 e. The smallest absolute Gasteiger partial charge is 0.0505 e. The first-order valence-corrected chi connectivity index (χ1v) is 20.2. The largest absolute Gasteiger partial charge is 0.310 e. The highest BCUT2D eigenvalue weighted by Gasteiger charge is 2.49. The third kappa shape index (κ3) is 4.88. The van der Waals surface area contributed by atoms with Gasteiger partial charge in [-0.1, -0.05) is 135 Å². The van der Waals surface area contributed by atoms with Crippen LogP contribution in [-0.2, 0) is 23.7 Å². The average Bonchev–Trinajstić information content (AvgIpc) is 3.89. The van der Waals surface area contributed by atoms with Crippen molar-refractivity contribution in [3.8, 4) is 11.1 Å². The second-order valence-corrected chi connectivity index (χ2v) is 16.5. The number of para-hydroxylation sites is 2. The van der Waals surface area contributed by atoms with Gasteiger partial charge in [-0.15, -0.1) is 0 Å². The lowest BCUT2D eigenvalue weighted by Crippen LogP contribution is -2.27. The third-order valence-corrected chi connectivity index (χ3v) is 13.2. The zero-order chi connectivity index (χ0) is 37.4. The second kappa shape index (κ2) is 12.6. The molecule has 3 aliphatic carbocycles. The van der Waals surface area contributed by atoms with Gasteiger partial charge in [-0.3, -0.25) is 0 Å². The lowest BCUT2D eigenvalue weighted by Gasteiger charge is -2.37. The Morgan fingerprint density at radius 2 is 0.911 bits per heavy atom. The Morgan fingerprint density at radius 3 is 1.55 bits per heavy atom. The molecule has 0 saturated heterocycles. The minimum atomic E-state index is -0.138. The fraction of sp³-hybridized carbons (Fsp3) is 0.148. The lowest BCUT2D eigenvalue weighted by atomic mass is 9.74. The highest BCUT2D eigenvalue weighted by Crippen LogP contribution is 2.60. The number of aryl methyl sites for hydroxylation is 2. The maximum atomic E-state index is 2.56. The van der Waals surface area contributed by atoms with Crippen molar-refractivity contribution in [3.63, 3.8) is 0 Å². The van der Waals surface area contributed by atoms with Crippen LogP contribution in [-0.4, -0.2) is 0 Å². The highest BCUT2D eigenvalue weighted by molar-refractivity contribution is 5.92. The highest BCUT2D eigenvalue weighted by atomic mass is 15.2. The van der Waals surface area contributed by atoms with Crippen LogP contribution in [0.25, 0.3) is 21.9 Å². The molecule has 270 valence electrons. The van der Waals surface area contributed by atoms with Crippen LogP contribution in [0.4, 0.5) is 34.1 Å². The molecule has 0 aliphatic heterocycles. The van der Waals surface area contributed by atoms with Crippen LogP contribution in [0.15, 0.2) is 182 Å². The van der Waals surface area contributed by atoms with Crippen molar-refractivity contribution in [2.75, 3.05) is 9.80 Å². The van der Waals surface area contributed by atoms with E-state index in [1.54, 1.807) is 0 Å².